The van der Waals surface area contributed by atoms with Gasteiger partial charge in [-0.2, -0.15) is 0 Å². The van der Waals surface area contributed by atoms with Crippen LogP contribution >= 0.6 is 0 Å². The quantitative estimate of drug-likeness (QED) is 0.280. The fourth-order valence-electron chi connectivity index (χ4n) is 4.41. The first kappa shape index (κ1) is 23.8. The van der Waals surface area contributed by atoms with E-state index in [1.54, 1.807) is 14.2 Å². The molecule has 0 fully saturated rings. The van der Waals surface area contributed by atoms with E-state index in [9.17, 15) is 0 Å². The largest absolute Gasteiger partial charge is 0.350 e. The summed E-state index contributed by atoms with van der Waals surface area (Å²) in [5.41, 5.74) is 6.72. The van der Waals surface area contributed by atoms with Crippen LogP contribution in [-0.2, 0) is 22.4 Å². The van der Waals surface area contributed by atoms with Gasteiger partial charge in [-0.1, -0.05) is 61.9 Å². The molecule has 5 aromatic rings. The fourth-order valence-corrected chi connectivity index (χ4v) is 4.41. The lowest BCUT2D eigenvalue weighted by molar-refractivity contribution is -0.108. The number of fused-ring (bicyclic) bond motifs is 1. The summed E-state index contributed by atoms with van der Waals surface area (Å²) < 4.78 is 13.1. The fraction of sp³-hybridized carbons (Fsp3) is 0.296. The summed E-state index contributed by atoms with van der Waals surface area (Å²) in [6, 6.07) is 20.6. The number of aromatic nitrogens is 7. The van der Waals surface area contributed by atoms with Gasteiger partial charge in [0.05, 0.1) is 12.2 Å². The minimum absolute atomic E-state index is 0.518. The number of nitrogens with zero attached hydrogens (tertiary/aromatic N) is 6. The Kier molecular flexibility index (Phi) is 7.11. The summed E-state index contributed by atoms with van der Waals surface area (Å²) in [5, 5.41) is 14.4. The maximum atomic E-state index is 5.43. The molecule has 184 valence electrons. The van der Waals surface area contributed by atoms with Crippen LogP contribution in [0.3, 0.4) is 0 Å². The van der Waals surface area contributed by atoms with Crippen molar-refractivity contribution in [2.24, 2.45) is 0 Å². The summed E-state index contributed by atoms with van der Waals surface area (Å²) >= 11 is 0. The zero-order valence-corrected chi connectivity index (χ0v) is 20.7. The molecule has 2 aromatic carbocycles. The second-order valence-electron chi connectivity index (χ2n) is 8.59. The highest BCUT2D eigenvalue weighted by Gasteiger charge is 2.17. The van der Waals surface area contributed by atoms with E-state index in [0.29, 0.717) is 12.4 Å². The van der Waals surface area contributed by atoms with Crippen LogP contribution in [0.5, 0.6) is 0 Å². The highest BCUT2D eigenvalue weighted by atomic mass is 16.7. The van der Waals surface area contributed by atoms with Gasteiger partial charge in [0.1, 0.15) is 11.3 Å². The molecule has 3 aromatic heterocycles. The third-order valence-electron chi connectivity index (χ3n) is 6.25. The van der Waals surface area contributed by atoms with Crippen molar-refractivity contribution in [2.45, 2.75) is 39.0 Å². The molecule has 0 amide bonds. The first-order valence-corrected chi connectivity index (χ1v) is 12.1. The number of imidazole rings is 1. The van der Waals surface area contributed by atoms with Crippen LogP contribution in [0.25, 0.3) is 33.7 Å². The number of H-pyrrole nitrogens is 1. The number of pyridine rings is 1. The van der Waals surface area contributed by atoms with Crippen molar-refractivity contribution in [1.82, 2.24) is 35.2 Å². The SMILES string of the molecule is CCCCc1nc2ccc(C(OC)OC)nc2n1Cc1ccc(-c2ccccc2-c2nnn[nH]2)cc1. The third-order valence-corrected chi connectivity index (χ3v) is 6.25. The van der Waals surface area contributed by atoms with Crippen LogP contribution in [0.1, 0.15) is 43.1 Å². The Hall–Kier alpha value is -3.95. The lowest BCUT2D eigenvalue weighted by Crippen LogP contribution is -2.09. The number of hydrogen-bond donors (Lipinski definition) is 1. The van der Waals surface area contributed by atoms with Gasteiger partial charge in [0.25, 0.3) is 0 Å². The average molecular weight is 484 g/mol. The van der Waals surface area contributed by atoms with Crippen molar-refractivity contribution in [3.05, 3.63) is 77.7 Å². The number of unbranched alkanes of at least 4 members (excludes halogenated alkanes) is 1. The predicted molar refractivity (Wildman–Crippen MR) is 137 cm³/mol. The zero-order chi connectivity index (χ0) is 24.9. The molecule has 9 nitrogen and oxygen atoms in total. The Morgan fingerprint density at radius 1 is 0.917 bits per heavy atom. The second-order valence-corrected chi connectivity index (χ2v) is 8.59. The summed E-state index contributed by atoms with van der Waals surface area (Å²) in [6.07, 6.45) is 2.56. The molecule has 0 saturated carbocycles. The predicted octanol–water partition coefficient (Wildman–Crippen LogP) is 4.96. The van der Waals surface area contributed by atoms with Crippen molar-refractivity contribution in [2.75, 3.05) is 14.2 Å². The van der Waals surface area contributed by atoms with Crippen molar-refractivity contribution in [1.29, 1.82) is 0 Å². The highest BCUT2D eigenvalue weighted by molar-refractivity contribution is 5.80. The molecule has 9 heteroatoms. The molecule has 0 bridgehead atoms. The number of methoxy groups -OCH3 is 2. The summed E-state index contributed by atoms with van der Waals surface area (Å²) in [6.45, 7) is 2.86. The summed E-state index contributed by atoms with van der Waals surface area (Å²) in [7, 11) is 3.23. The number of tetrazole rings is 1. The lowest BCUT2D eigenvalue weighted by atomic mass is 9.98. The maximum absolute atomic E-state index is 5.43. The highest BCUT2D eigenvalue weighted by Crippen LogP contribution is 2.30. The molecule has 0 saturated heterocycles. The van der Waals surface area contributed by atoms with E-state index in [2.05, 4.69) is 62.4 Å². The van der Waals surface area contributed by atoms with Crippen molar-refractivity contribution in [3.8, 4) is 22.5 Å². The number of aryl methyl sites for hydroxylation is 1. The van der Waals surface area contributed by atoms with Crippen LogP contribution in [0, 0.1) is 0 Å². The molecule has 0 unspecified atom stereocenters. The monoisotopic (exact) mass is 483 g/mol. The molecule has 0 aliphatic heterocycles. The van der Waals surface area contributed by atoms with Crippen LogP contribution in [0.15, 0.2) is 60.7 Å². The van der Waals surface area contributed by atoms with Gasteiger partial charge < -0.3 is 14.0 Å². The summed E-state index contributed by atoms with van der Waals surface area (Å²) in [4.78, 5) is 9.78. The van der Waals surface area contributed by atoms with Crippen LogP contribution < -0.4 is 0 Å². The zero-order valence-electron chi connectivity index (χ0n) is 20.7. The Morgan fingerprint density at radius 3 is 2.39 bits per heavy atom. The van der Waals surface area contributed by atoms with Crippen LogP contribution in [0.2, 0.25) is 0 Å². The van der Waals surface area contributed by atoms with Gasteiger partial charge in [-0.25, -0.2) is 15.1 Å². The molecule has 5 rings (SSSR count). The molecule has 36 heavy (non-hydrogen) atoms. The first-order valence-electron chi connectivity index (χ1n) is 12.1. The normalized spacial score (nSPS) is 11.6. The van der Waals surface area contributed by atoms with Crippen LogP contribution in [-0.4, -0.2) is 49.4 Å². The third kappa shape index (κ3) is 4.75. The number of aromatic amines is 1. The second kappa shape index (κ2) is 10.8. The molecule has 0 aliphatic carbocycles. The van der Waals surface area contributed by atoms with Gasteiger partial charge >= 0.3 is 0 Å². The van der Waals surface area contributed by atoms with Crippen molar-refractivity contribution in [3.63, 3.8) is 0 Å². The van der Waals surface area contributed by atoms with Crippen molar-refractivity contribution < 1.29 is 9.47 Å². The smallest absolute Gasteiger partial charge is 0.200 e. The standard InChI is InChI=1S/C27H29N7O2/c1-4-5-10-24-28-22-15-16-23(27(35-2)36-3)29-26(22)34(24)17-18-11-13-19(14-12-18)20-8-6-7-9-21(20)25-30-32-33-31-25/h6-9,11-16,27H,4-5,10,17H2,1-3H3,(H,30,31,32,33). The number of benzene rings is 2. The lowest BCUT2D eigenvalue weighted by Gasteiger charge is -2.14. The Bertz CT molecular complexity index is 1420. The molecule has 0 radical (unpaired) electrons. The van der Waals surface area contributed by atoms with Crippen molar-refractivity contribution >= 4 is 11.2 Å². The minimum atomic E-state index is -0.518. The number of nitrogens with one attached hydrogen (secondary N) is 1. The molecule has 3 heterocycles. The van der Waals surface area contributed by atoms with E-state index in [1.165, 1.54) is 0 Å². The van der Waals surface area contributed by atoms with Gasteiger partial charge in [0, 0.05) is 26.2 Å². The number of hydrogen-bond acceptors (Lipinski definition) is 7. The van der Waals surface area contributed by atoms with E-state index in [-0.39, 0.29) is 0 Å². The number of rotatable bonds is 10. The van der Waals surface area contributed by atoms with E-state index in [4.69, 9.17) is 19.4 Å². The number of ether oxygens (including phenoxy) is 2. The van der Waals surface area contributed by atoms with Gasteiger partial charge in [-0.3, -0.25) is 0 Å². The van der Waals surface area contributed by atoms with Gasteiger partial charge in [-0.05, 0) is 45.7 Å². The first-order chi connectivity index (χ1) is 17.7. The molecular formula is C27H29N7O2. The topological polar surface area (TPSA) is 104 Å². The summed E-state index contributed by atoms with van der Waals surface area (Å²) in [5.74, 6) is 1.68. The Balaban J connectivity index is 1.49. The molecular weight excluding hydrogens is 454 g/mol. The average Bonchev–Trinajstić information content (AvgIpc) is 3.57. The van der Waals surface area contributed by atoms with E-state index in [0.717, 1.165) is 64.2 Å². The Labute approximate surface area is 209 Å². The van der Waals surface area contributed by atoms with Crippen LogP contribution in [0.4, 0.5) is 0 Å². The Morgan fingerprint density at radius 2 is 1.69 bits per heavy atom. The minimum Gasteiger partial charge on any atom is -0.350 e. The molecule has 0 atom stereocenters. The molecule has 0 spiro atoms. The van der Waals surface area contributed by atoms with E-state index >= 15 is 0 Å². The van der Waals surface area contributed by atoms with Gasteiger partial charge in [0.2, 0.25) is 6.29 Å². The van der Waals surface area contributed by atoms with E-state index in [1.807, 2.05) is 30.3 Å². The van der Waals surface area contributed by atoms with Gasteiger partial charge in [0.15, 0.2) is 11.5 Å². The van der Waals surface area contributed by atoms with E-state index < -0.39 is 6.29 Å². The molecule has 1 N–H and O–H groups in total. The molecule has 0 aliphatic rings. The van der Waals surface area contributed by atoms with Gasteiger partial charge in [-0.15, -0.1) is 5.10 Å². The maximum Gasteiger partial charge on any atom is 0.200 e.